The summed E-state index contributed by atoms with van der Waals surface area (Å²) in [4.78, 5) is 37.7. The average molecular weight is 392 g/mol. The van der Waals surface area contributed by atoms with Crippen molar-refractivity contribution in [2.75, 3.05) is 17.7 Å². The number of nitrogens with zero attached hydrogens (tertiary/aromatic N) is 1. The third kappa shape index (κ3) is 4.48. The molecule has 7 nitrogen and oxygen atoms in total. The van der Waals surface area contributed by atoms with Crippen molar-refractivity contribution >= 4 is 35.2 Å². The summed E-state index contributed by atoms with van der Waals surface area (Å²) in [5, 5.41) is 2.08. The molecule has 2 aromatic rings. The zero-order valence-corrected chi connectivity index (χ0v) is 15.2. The Labute approximate surface area is 158 Å². The molecule has 0 spiro atoms. The molecule has 9 heteroatoms. The second-order valence-corrected chi connectivity index (χ2v) is 6.92. The Kier molecular flexibility index (Phi) is 5.80. The Morgan fingerprint density at radius 3 is 2.67 bits per heavy atom. The Morgan fingerprint density at radius 1 is 1.30 bits per heavy atom. The quantitative estimate of drug-likeness (QED) is 0.787. The van der Waals surface area contributed by atoms with E-state index in [0.29, 0.717) is 17.2 Å². The summed E-state index contributed by atoms with van der Waals surface area (Å²) in [5.41, 5.74) is 0.386. The number of thioether (sulfide) groups is 1. The maximum absolute atomic E-state index is 12.9. The van der Waals surface area contributed by atoms with Crippen LogP contribution in [0.15, 0.2) is 47.1 Å². The zero-order valence-electron chi connectivity index (χ0n) is 14.4. The van der Waals surface area contributed by atoms with E-state index >= 15 is 0 Å². The van der Waals surface area contributed by atoms with Gasteiger partial charge in [-0.25, -0.2) is 9.18 Å². The van der Waals surface area contributed by atoms with Gasteiger partial charge in [-0.05, 0) is 36.4 Å². The fourth-order valence-electron chi connectivity index (χ4n) is 2.69. The molecule has 2 amide bonds. The molecular formula is C18H17FN2O5S. The van der Waals surface area contributed by atoms with Crippen LogP contribution >= 0.6 is 11.8 Å². The molecule has 142 valence electrons. The monoisotopic (exact) mass is 392 g/mol. The van der Waals surface area contributed by atoms with Gasteiger partial charge in [0.15, 0.2) is 6.61 Å². The highest BCUT2D eigenvalue weighted by Gasteiger charge is 2.43. The van der Waals surface area contributed by atoms with Crippen molar-refractivity contribution in [1.29, 1.82) is 0 Å². The highest BCUT2D eigenvalue weighted by molar-refractivity contribution is 7.99. The minimum Gasteiger partial charge on any atom is -0.466 e. The van der Waals surface area contributed by atoms with E-state index in [4.69, 9.17) is 9.15 Å². The van der Waals surface area contributed by atoms with Crippen LogP contribution in [0.3, 0.4) is 0 Å². The molecule has 0 aliphatic carbocycles. The third-order valence-corrected chi connectivity index (χ3v) is 5.18. The van der Waals surface area contributed by atoms with Gasteiger partial charge >= 0.3 is 5.97 Å². The van der Waals surface area contributed by atoms with Gasteiger partial charge in [-0.1, -0.05) is 0 Å². The van der Waals surface area contributed by atoms with E-state index in [9.17, 15) is 18.8 Å². The summed E-state index contributed by atoms with van der Waals surface area (Å²) in [6.07, 6.45) is 1.50. The van der Waals surface area contributed by atoms with Crippen LogP contribution in [0.25, 0.3) is 0 Å². The number of carbonyl (C=O) groups excluding carboxylic acids is 3. The van der Waals surface area contributed by atoms with E-state index in [2.05, 4.69) is 5.32 Å². The largest absolute Gasteiger partial charge is 0.466 e. The van der Waals surface area contributed by atoms with Crippen molar-refractivity contribution in [2.45, 2.75) is 18.3 Å². The molecule has 27 heavy (non-hydrogen) atoms. The number of hydrogen-bond donors (Lipinski definition) is 1. The molecule has 3 rings (SSSR count). The first-order valence-corrected chi connectivity index (χ1v) is 9.16. The summed E-state index contributed by atoms with van der Waals surface area (Å²) in [7, 11) is 0. The predicted octanol–water partition coefficient (Wildman–Crippen LogP) is 2.56. The van der Waals surface area contributed by atoms with Crippen LogP contribution in [-0.4, -0.2) is 41.1 Å². The van der Waals surface area contributed by atoms with Gasteiger partial charge in [0.1, 0.15) is 23.0 Å². The molecule has 0 bridgehead atoms. The molecule has 1 aliphatic rings. The number of hydrogen-bond acceptors (Lipinski definition) is 6. The van der Waals surface area contributed by atoms with Crippen molar-refractivity contribution in [3.63, 3.8) is 0 Å². The molecule has 1 aromatic carbocycles. The van der Waals surface area contributed by atoms with Gasteiger partial charge in [-0.15, -0.1) is 11.8 Å². The number of carbonyl (C=O) groups is 3. The smallest absolute Gasteiger partial charge is 0.330 e. The second kappa shape index (κ2) is 8.26. The maximum Gasteiger partial charge on any atom is 0.330 e. The fraction of sp³-hybridized carbons (Fsp3) is 0.278. The van der Waals surface area contributed by atoms with Crippen LogP contribution < -0.4 is 5.32 Å². The van der Waals surface area contributed by atoms with E-state index in [1.165, 1.54) is 54.1 Å². The number of nitrogens with one attached hydrogen (secondary N) is 1. The van der Waals surface area contributed by atoms with Gasteiger partial charge in [-0.2, -0.15) is 0 Å². The van der Waals surface area contributed by atoms with E-state index in [1.807, 2.05) is 0 Å². The molecular weight excluding hydrogens is 375 g/mol. The number of halogens is 1. The van der Waals surface area contributed by atoms with Crippen LogP contribution in [0.1, 0.15) is 18.1 Å². The first kappa shape index (κ1) is 19.0. The molecule has 1 saturated heterocycles. The number of esters is 1. The normalized spacial score (nSPS) is 19.0. The fourth-order valence-corrected chi connectivity index (χ4v) is 4.10. The van der Waals surface area contributed by atoms with Crippen LogP contribution in [0.5, 0.6) is 0 Å². The Hall–Kier alpha value is -2.81. The van der Waals surface area contributed by atoms with Crippen LogP contribution in [0.2, 0.25) is 0 Å². The van der Waals surface area contributed by atoms with Gasteiger partial charge in [0, 0.05) is 18.4 Å². The zero-order chi connectivity index (χ0) is 19.4. The molecule has 1 aliphatic heterocycles. The molecule has 0 saturated carbocycles. The molecule has 0 radical (unpaired) electrons. The molecule has 2 heterocycles. The first-order valence-electron chi connectivity index (χ1n) is 8.11. The van der Waals surface area contributed by atoms with E-state index < -0.39 is 35.7 Å². The minimum atomic E-state index is -0.804. The van der Waals surface area contributed by atoms with Gasteiger partial charge in [0.2, 0.25) is 5.91 Å². The number of amides is 2. The van der Waals surface area contributed by atoms with E-state index in [-0.39, 0.29) is 5.91 Å². The molecule has 0 unspecified atom stereocenters. The molecule has 2 atom stereocenters. The van der Waals surface area contributed by atoms with Crippen molar-refractivity contribution in [3.8, 4) is 0 Å². The standard InChI is InChI=1S/C18H17FN2O5S/c1-11(22)21-14(10-27-17(21)15-3-2-8-25-15)18(24)26-9-16(23)20-13-6-4-12(19)5-7-13/h2-8,14,17H,9-10H2,1H3,(H,20,23)/t14-,17+/m0/s1. The average Bonchev–Trinajstić information content (AvgIpc) is 3.30. The molecule has 1 aromatic heterocycles. The van der Waals surface area contributed by atoms with Crippen LogP contribution in [0, 0.1) is 5.82 Å². The highest BCUT2D eigenvalue weighted by Crippen LogP contribution is 2.41. The minimum absolute atomic E-state index is 0.292. The Balaban J connectivity index is 1.57. The number of furan rings is 1. The summed E-state index contributed by atoms with van der Waals surface area (Å²) < 4.78 is 23.3. The topological polar surface area (TPSA) is 88.8 Å². The number of anilines is 1. The predicted molar refractivity (Wildman–Crippen MR) is 96.2 cm³/mol. The molecule has 1 fully saturated rings. The first-order chi connectivity index (χ1) is 13.0. The van der Waals surface area contributed by atoms with Crippen molar-refractivity contribution in [2.24, 2.45) is 0 Å². The number of benzene rings is 1. The van der Waals surface area contributed by atoms with Gasteiger partial charge < -0.3 is 19.4 Å². The van der Waals surface area contributed by atoms with Gasteiger partial charge in [0.25, 0.3) is 5.91 Å². The summed E-state index contributed by atoms with van der Waals surface area (Å²) in [6.45, 7) is 0.859. The highest BCUT2D eigenvalue weighted by atomic mass is 32.2. The lowest BCUT2D eigenvalue weighted by atomic mass is 10.2. The third-order valence-electron chi connectivity index (χ3n) is 3.90. The lowest BCUT2D eigenvalue weighted by molar-refractivity contribution is -0.155. The maximum atomic E-state index is 12.9. The van der Waals surface area contributed by atoms with Crippen molar-refractivity contribution in [1.82, 2.24) is 4.90 Å². The lowest BCUT2D eigenvalue weighted by Gasteiger charge is -2.25. The summed E-state index contributed by atoms with van der Waals surface area (Å²) in [5.74, 6) is -1.03. The van der Waals surface area contributed by atoms with Crippen molar-refractivity contribution in [3.05, 3.63) is 54.2 Å². The van der Waals surface area contributed by atoms with Gasteiger partial charge in [-0.3, -0.25) is 9.59 Å². The van der Waals surface area contributed by atoms with Gasteiger partial charge in [0.05, 0.1) is 6.26 Å². The van der Waals surface area contributed by atoms with Crippen LogP contribution in [0.4, 0.5) is 10.1 Å². The van der Waals surface area contributed by atoms with E-state index in [1.54, 1.807) is 12.1 Å². The van der Waals surface area contributed by atoms with Crippen LogP contribution in [-0.2, 0) is 19.1 Å². The number of rotatable bonds is 5. The van der Waals surface area contributed by atoms with Crippen molar-refractivity contribution < 1.29 is 27.9 Å². The number of ether oxygens (including phenoxy) is 1. The van der Waals surface area contributed by atoms with E-state index in [0.717, 1.165) is 0 Å². The SMILES string of the molecule is CC(=O)N1[C@@H](c2ccco2)SC[C@H]1C(=O)OCC(=O)Nc1ccc(F)cc1. The second-order valence-electron chi connectivity index (χ2n) is 5.81. The summed E-state index contributed by atoms with van der Waals surface area (Å²) in [6, 6.07) is 7.84. The lowest BCUT2D eigenvalue weighted by Crippen LogP contribution is -2.43. The molecule has 1 N–H and O–H groups in total. The Morgan fingerprint density at radius 2 is 2.04 bits per heavy atom. The Bertz CT molecular complexity index is 825. The summed E-state index contributed by atoms with van der Waals surface area (Å²) >= 11 is 1.39.